The molecule has 21 heavy (non-hydrogen) atoms. The number of amides is 1. The normalized spacial score (nSPS) is 10.6. The summed E-state index contributed by atoms with van der Waals surface area (Å²) >= 11 is 1.22. The molecule has 0 saturated carbocycles. The van der Waals surface area contributed by atoms with Crippen molar-refractivity contribution >= 4 is 28.3 Å². The van der Waals surface area contributed by atoms with Gasteiger partial charge in [-0.25, -0.2) is 4.98 Å². The van der Waals surface area contributed by atoms with Crippen LogP contribution in [0.15, 0.2) is 29.6 Å². The van der Waals surface area contributed by atoms with Crippen LogP contribution in [0.25, 0.3) is 0 Å². The quantitative estimate of drug-likeness (QED) is 0.889. The van der Waals surface area contributed by atoms with Gasteiger partial charge in [0.2, 0.25) is 0 Å². The van der Waals surface area contributed by atoms with Crippen LogP contribution in [-0.2, 0) is 11.2 Å². The van der Waals surface area contributed by atoms with Gasteiger partial charge in [0.1, 0.15) is 0 Å². The molecule has 0 fully saturated rings. The Kier molecular flexibility index (Phi) is 4.70. The van der Waals surface area contributed by atoms with Gasteiger partial charge in [-0.3, -0.25) is 14.9 Å². The fourth-order valence-electron chi connectivity index (χ4n) is 1.79. The second-order valence-electron chi connectivity index (χ2n) is 4.95. The molecule has 5 nitrogen and oxygen atoms in total. The minimum absolute atomic E-state index is 0.143. The number of thiazole rings is 1. The van der Waals surface area contributed by atoms with Crippen LogP contribution in [0.3, 0.4) is 0 Å². The molecule has 0 unspecified atom stereocenters. The Morgan fingerprint density at radius 3 is 2.52 bits per heavy atom. The first kappa shape index (κ1) is 15.2. The number of aromatic nitrogens is 1. The highest BCUT2D eigenvalue weighted by Gasteiger charge is 2.11. The molecular formula is C15H16N2O3S. The van der Waals surface area contributed by atoms with Crippen LogP contribution < -0.4 is 5.32 Å². The van der Waals surface area contributed by atoms with Crippen molar-refractivity contribution in [3.05, 3.63) is 46.5 Å². The Balaban J connectivity index is 2.03. The molecule has 1 heterocycles. The first-order chi connectivity index (χ1) is 9.95. The predicted molar refractivity (Wildman–Crippen MR) is 81.9 cm³/mol. The lowest BCUT2D eigenvalue weighted by Gasteiger charge is -2.06. The molecule has 1 aromatic heterocycles. The number of carboxylic acid groups (broad SMARTS) is 1. The van der Waals surface area contributed by atoms with Crippen LogP contribution in [-0.4, -0.2) is 22.0 Å². The van der Waals surface area contributed by atoms with Crippen LogP contribution >= 0.6 is 11.3 Å². The van der Waals surface area contributed by atoms with E-state index in [-0.39, 0.29) is 12.3 Å². The molecule has 6 heteroatoms. The number of rotatable bonds is 5. The van der Waals surface area contributed by atoms with E-state index in [1.54, 1.807) is 17.5 Å². The average molecular weight is 304 g/mol. The number of benzene rings is 1. The molecular weight excluding hydrogens is 288 g/mol. The minimum Gasteiger partial charge on any atom is -0.481 e. The lowest BCUT2D eigenvalue weighted by atomic mass is 10.0. The molecule has 0 atom stereocenters. The summed E-state index contributed by atoms with van der Waals surface area (Å²) in [6.07, 6.45) is -0.143. The number of hydrogen-bond donors (Lipinski definition) is 2. The maximum Gasteiger partial charge on any atom is 0.309 e. The standard InChI is InChI=1S/C15H16N2O3S/c1-9(2)10-3-5-11(6-4-10)14(20)17-15-16-12(8-21-15)7-13(18)19/h3-6,8-9H,7H2,1-2H3,(H,18,19)(H,16,17,20). The summed E-state index contributed by atoms with van der Waals surface area (Å²) in [5.41, 5.74) is 2.16. The van der Waals surface area contributed by atoms with Gasteiger partial charge < -0.3 is 5.11 Å². The minimum atomic E-state index is -0.942. The number of anilines is 1. The number of carbonyl (C=O) groups is 2. The highest BCUT2D eigenvalue weighted by atomic mass is 32.1. The smallest absolute Gasteiger partial charge is 0.309 e. The lowest BCUT2D eigenvalue weighted by molar-refractivity contribution is -0.136. The Bertz CT molecular complexity index is 647. The molecule has 0 bridgehead atoms. The van der Waals surface area contributed by atoms with Gasteiger partial charge in [-0.05, 0) is 23.6 Å². The third kappa shape index (κ3) is 4.13. The zero-order valence-electron chi connectivity index (χ0n) is 11.8. The van der Waals surface area contributed by atoms with E-state index in [0.29, 0.717) is 22.3 Å². The van der Waals surface area contributed by atoms with E-state index < -0.39 is 5.97 Å². The summed E-state index contributed by atoms with van der Waals surface area (Å²) in [6, 6.07) is 7.40. The molecule has 0 radical (unpaired) electrons. The summed E-state index contributed by atoms with van der Waals surface area (Å²) in [6.45, 7) is 4.18. The topological polar surface area (TPSA) is 79.3 Å². The van der Waals surface area contributed by atoms with Crippen LogP contribution in [0, 0.1) is 0 Å². The van der Waals surface area contributed by atoms with Crippen molar-refractivity contribution < 1.29 is 14.7 Å². The van der Waals surface area contributed by atoms with Crippen LogP contribution in [0.4, 0.5) is 5.13 Å². The fourth-order valence-corrected chi connectivity index (χ4v) is 2.49. The molecule has 0 aliphatic rings. The van der Waals surface area contributed by atoms with Crippen LogP contribution in [0.2, 0.25) is 0 Å². The van der Waals surface area contributed by atoms with Crippen molar-refractivity contribution in [1.82, 2.24) is 4.98 Å². The van der Waals surface area contributed by atoms with Crippen molar-refractivity contribution in [2.45, 2.75) is 26.2 Å². The van der Waals surface area contributed by atoms with Gasteiger partial charge in [0.05, 0.1) is 12.1 Å². The Hall–Kier alpha value is -2.21. The van der Waals surface area contributed by atoms with E-state index in [1.807, 2.05) is 12.1 Å². The first-order valence-electron chi connectivity index (χ1n) is 6.53. The summed E-state index contributed by atoms with van der Waals surface area (Å²) in [7, 11) is 0. The number of nitrogens with zero attached hydrogens (tertiary/aromatic N) is 1. The summed E-state index contributed by atoms with van der Waals surface area (Å²) in [5.74, 6) is -0.774. The van der Waals surface area contributed by atoms with Crippen molar-refractivity contribution in [1.29, 1.82) is 0 Å². The molecule has 0 saturated heterocycles. The number of aliphatic carboxylic acids is 1. The van der Waals surface area contributed by atoms with Crippen molar-refractivity contribution in [2.75, 3.05) is 5.32 Å². The van der Waals surface area contributed by atoms with Gasteiger partial charge in [0, 0.05) is 10.9 Å². The molecule has 1 amide bonds. The molecule has 2 aromatic rings. The maximum absolute atomic E-state index is 12.1. The molecule has 2 N–H and O–H groups in total. The van der Waals surface area contributed by atoms with Crippen molar-refractivity contribution in [3.8, 4) is 0 Å². The molecule has 0 aliphatic carbocycles. The first-order valence-corrected chi connectivity index (χ1v) is 7.41. The molecule has 2 rings (SSSR count). The van der Waals surface area contributed by atoms with E-state index in [2.05, 4.69) is 24.1 Å². The van der Waals surface area contributed by atoms with Crippen molar-refractivity contribution in [3.63, 3.8) is 0 Å². The zero-order chi connectivity index (χ0) is 15.4. The van der Waals surface area contributed by atoms with E-state index >= 15 is 0 Å². The Morgan fingerprint density at radius 2 is 1.95 bits per heavy atom. The summed E-state index contributed by atoms with van der Waals surface area (Å²) in [4.78, 5) is 26.7. The second-order valence-corrected chi connectivity index (χ2v) is 5.80. The molecule has 0 spiro atoms. The van der Waals surface area contributed by atoms with Crippen LogP contribution in [0.1, 0.15) is 41.4 Å². The fraction of sp³-hybridized carbons (Fsp3) is 0.267. The average Bonchev–Trinajstić information content (AvgIpc) is 2.85. The molecule has 110 valence electrons. The van der Waals surface area contributed by atoms with E-state index in [4.69, 9.17) is 5.11 Å². The zero-order valence-corrected chi connectivity index (χ0v) is 12.6. The summed E-state index contributed by atoms with van der Waals surface area (Å²) in [5, 5.41) is 13.4. The number of nitrogens with one attached hydrogen (secondary N) is 1. The Labute approximate surface area is 126 Å². The molecule has 0 aliphatic heterocycles. The van der Waals surface area contributed by atoms with E-state index in [1.165, 1.54) is 16.9 Å². The largest absolute Gasteiger partial charge is 0.481 e. The monoisotopic (exact) mass is 304 g/mol. The predicted octanol–water partition coefficient (Wildman–Crippen LogP) is 3.15. The van der Waals surface area contributed by atoms with Gasteiger partial charge in [0.15, 0.2) is 5.13 Å². The van der Waals surface area contributed by atoms with Crippen molar-refractivity contribution in [2.24, 2.45) is 0 Å². The van der Waals surface area contributed by atoms with Gasteiger partial charge in [-0.2, -0.15) is 0 Å². The third-order valence-corrected chi connectivity index (χ3v) is 3.75. The SMILES string of the molecule is CC(C)c1ccc(C(=O)Nc2nc(CC(=O)O)cs2)cc1. The van der Waals surface area contributed by atoms with Gasteiger partial charge in [-0.1, -0.05) is 26.0 Å². The number of hydrogen-bond acceptors (Lipinski definition) is 4. The van der Waals surface area contributed by atoms with E-state index in [9.17, 15) is 9.59 Å². The van der Waals surface area contributed by atoms with Gasteiger partial charge >= 0.3 is 5.97 Å². The van der Waals surface area contributed by atoms with E-state index in [0.717, 1.165) is 0 Å². The highest BCUT2D eigenvalue weighted by Crippen LogP contribution is 2.18. The third-order valence-electron chi connectivity index (χ3n) is 2.94. The number of carbonyl (C=O) groups excluding carboxylic acids is 1. The highest BCUT2D eigenvalue weighted by molar-refractivity contribution is 7.14. The van der Waals surface area contributed by atoms with Gasteiger partial charge in [-0.15, -0.1) is 11.3 Å². The number of carboxylic acids is 1. The summed E-state index contributed by atoms with van der Waals surface area (Å²) < 4.78 is 0. The Morgan fingerprint density at radius 1 is 1.29 bits per heavy atom. The lowest BCUT2D eigenvalue weighted by Crippen LogP contribution is -2.12. The maximum atomic E-state index is 12.1. The second kappa shape index (κ2) is 6.49. The molecule has 1 aromatic carbocycles. The van der Waals surface area contributed by atoms with Gasteiger partial charge in [0.25, 0.3) is 5.91 Å². The van der Waals surface area contributed by atoms with Crippen LogP contribution in [0.5, 0.6) is 0 Å².